The molecule has 1 heterocycles. The molecule has 2 aliphatic rings. The number of halogens is 2. The van der Waals surface area contributed by atoms with Crippen molar-refractivity contribution >= 4 is 37.8 Å². The van der Waals surface area contributed by atoms with Gasteiger partial charge in [0.2, 0.25) is 0 Å². The summed E-state index contributed by atoms with van der Waals surface area (Å²) in [6.45, 7) is 2.87. The monoisotopic (exact) mass is 414 g/mol. The van der Waals surface area contributed by atoms with E-state index in [9.17, 15) is 4.79 Å². The number of likely N-dealkylation sites (tertiary alicyclic amines) is 1. The smallest absolute Gasteiger partial charge is 0.255 e. The Morgan fingerprint density at radius 2 is 1.90 bits per heavy atom. The van der Waals surface area contributed by atoms with Gasteiger partial charge in [-0.05, 0) is 72.3 Å². The zero-order chi connectivity index (χ0) is 14.8. The summed E-state index contributed by atoms with van der Waals surface area (Å²) in [6, 6.07) is 6.32. The number of nitrogens with zero attached hydrogens (tertiary/aromatic N) is 1. The molecule has 3 rings (SSSR count). The second-order valence-corrected chi connectivity index (χ2v) is 7.81. The molecule has 1 amide bonds. The molecule has 0 bridgehead atoms. The van der Waals surface area contributed by atoms with Crippen LogP contribution in [0.3, 0.4) is 0 Å². The van der Waals surface area contributed by atoms with Crippen molar-refractivity contribution < 1.29 is 4.79 Å². The van der Waals surface area contributed by atoms with E-state index in [1.54, 1.807) is 0 Å². The number of carbonyl (C=O) groups is 1. The minimum atomic E-state index is 0.134. The predicted octanol–water partition coefficient (Wildman–Crippen LogP) is 3.82. The molecule has 1 saturated heterocycles. The SMILES string of the molecule is O=C(c1ccc(Br)cc1Br)N1CCC(NCC2CC2)CC1. The van der Waals surface area contributed by atoms with Gasteiger partial charge in [0.1, 0.15) is 0 Å². The van der Waals surface area contributed by atoms with Crippen molar-refractivity contribution in [1.82, 2.24) is 10.2 Å². The van der Waals surface area contributed by atoms with E-state index >= 15 is 0 Å². The van der Waals surface area contributed by atoms with Crippen LogP contribution in [-0.4, -0.2) is 36.5 Å². The first-order valence-electron chi connectivity index (χ1n) is 7.61. The third-order valence-corrected chi connectivity index (χ3v) is 5.49. The Kier molecular flexibility index (Phi) is 5.02. The van der Waals surface area contributed by atoms with E-state index in [0.29, 0.717) is 6.04 Å². The Bertz CT molecular complexity index is 523. The Balaban J connectivity index is 1.54. The van der Waals surface area contributed by atoms with Crippen molar-refractivity contribution in [2.24, 2.45) is 5.92 Å². The molecule has 1 N–H and O–H groups in total. The van der Waals surface area contributed by atoms with Gasteiger partial charge in [0.05, 0.1) is 5.56 Å². The van der Waals surface area contributed by atoms with Crippen molar-refractivity contribution in [3.8, 4) is 0 Å². The van der Waals surface area contributed by atoms with Gasteiger partial charge in [-0.2, -0.15) is 0 Å². The quantitative estimate of drug-likeness (QED) is 0.810. The number of rotatable bonds is 4. The molecule has 5 heteroatoms. The van der Waals surface area contributed by atoms with Crippen LogP contribution >= 0.6 is 31.9 Å². The van der Waals surface area contributed by atoms with Crippen molar-refractivity contribution in [3.05, 3.63) is 32.7 Å². The molecule has 0 spiro atoms. The maximum Gasteiger partial charge on any atom is 0.255 e. The fourth-order valence-electron chi connectivity index (χ4n) is 2.78. The van der Waals surface area contributed by atoms with E-state index in [-0.39, 0.29) is 5.91 Å². The lowest BCUT2D eigenvalue weighted by Crippen LogP contribution is -2.45. The molecule has 1 aromatic rings. The lowest BCUT2D eigenvalue weighted by Gasteiger charge is -2.32. The van der Waals surface area contributed by atoms with Crippen molar-refractivity contribution in [2.75, 3.05) is 19.6 Å². The molecule has 0 unspecified atom stereocenters. The van der Waals surface area contributed by atoms with Crippen molar-refractivity contribution in [2.45, 2.75) is 31.7 Å². The number of hydrogen-bond donors (Lipinski definition) is 1. The third kappa shape index (κ3) is 4.08. The van der Waals surface area contributed by atoms with Crippen LogP contribution in [0.1, 0.15) is 36.0 Å². The van der Waals surface area contributed by atoms with Crippen LogP contribution in [-0.2, 0) is 0 Å². The number of nitrogens with one attached hydrogen (secondary N) is 1. The fourth-order valence-corrected chi connectivity index (χ4v) is 3.99. The second-order valence-electron chi connectivity index (χ2n) is 6.04. The Hall–Kier alpha value is -0.390. The highest BCUT2D eigenvalue weighted by atomic mass is 79.9. The van der Waals surface area contributed by atoms with E-state index in [1.807, 2.05) is 23.1 Å². The first-order valence-corrected chi connectivity index (χ1v) is 9.20. The van der Waals surface area contributed by atoms with Gasteiger partial charge in [0.25, 0.3) is 5.91 Å². The highest BCUT2D eigenvalue weighted by molar-refractivity contribution is 9.11. The molecule has 0 radical (unpaired) electrons. The minimum Gasteiger partial charge on any atom is -0.338 e. The molecule has 114 valence electrons. The summed E-state index contributed by atoms with van der Waals surface area (Å²) >= 11 is 6.90. The van der Waals surface area contributed by atoms with Gasteiger partial charge >= 0.3 is 0 Å². The molecule has 1 aromatic carbocycles. The summed E-state index contributed by atoms with van der Waals surface area (Å²) in [5, 5.41) is 3.65. The van der Waals surface area contributed by atoms with E-state index < -0.39 is 0 Å². The summed E-state index contributed by atoms with van der Waals surface area (Å²) < 4.78 is 1.84. The predicted molar refractivity (Wildman–Crippen MR) is 91.5 cm³/mol. The lowest BCUT2D eigenvalue weighted by atomic mass is 10.0. The summed E-state index contributed by atoms with van der Waals surface area (Å²) in [7, 11) is 0. The lowest BCUT2D eigenvalue weighted by molar-refractivity contribution is 0.0704. The number of piperidine rings is 1. The summed E-state index contributed by atoms with van der Waals surface area (Å²) in [4.78, 5) is 14.6. The molecule has 1 aliphatic carbocycles. The van der Waals surface area contributed by atoms with E-state index in [4.69, 9.17) is 0 Å². The van der Waals surface area contributed by atoms with Crippen LogP contribution in [0.5, 0.6) is 0 Å². The minimum absolute atomic E-state index is 0.134. The van der Waals surface area contributed by atoms with E-state index in [0.717, 1.165) is 52.9 Å². The van der Waals surface area contributed by atoms with Gasteiger partial charge in [-0.1, -0.05) is 15.9 Å². The topological polar surface area (TPSA) is 32.3 Å². The van der Waals surface area contributed by atoms with Gasteiger partial charge < -0.3 is 10.2 Å². The summed E-state index contributed by atoms with van der Waals surface area (Å²) in [6.07, 6.45) is 4.91. The number of carbonyl (C=O) groups excluding carboxylic acids is 1. The number of benzene rings is 1. The Morgan fingerprint density at radius 3 is 2.52 bits per heavy atom. The van der Waals surface area contributed by atoms with E-state index in [1.165, 1.54) is 12.8 Å². The highest BCUT2D eigenvalue weighted by Crippen LogP contribution is 2.28. The maximum atomic E-state index is 12.6. The average molecular weight is 416 g/mol. The van der Waals surface area contributed by atoms with Gasteiger partial charge in [-0.3, -0.25) is 4.79 Å². The maximum absolute atomic E-state index is 12.6. The van der Waals surface area contributed by atoms with Crippen LogP contribution < -0.4 is 5.32 Å². The zero-order valence-corrected chi connectivity index (χ0v) is 15.1. The van der Waals surface area contributed by atoms with Gasteiger partial charge in [-0.25, -0.2) is 0 Å². The van der Waals surface area contributed by atoms with Gasteiger partial charge in [-0.15, -0.1) is 0 Å². The van der Waals surface area contributed by atoms with Crippen LogP contribution in [0.25, 0.3) is 0 Å². The molecule has 21 heavy (non-hydrogen) atoms. The number of amides is 1. The van der Waals surface area contributed by atoms with Crippen LogP contribution in [0.4, 0.5) is 0 Å². The molecule has 1 aliphatic heterocycles. The third-order valence-electron chi connectivity index (χ3n) is 4.34. The molecule has 2 fully saturated rings. The highest BCUT2D eigenvalue weighted by Gasteiger charge is 2.26. The summed E-state index contributed by atoms with van der Waals surface area (Å²) in [5.41, 5.74) is 0.752. The molecule has 1 saturated carbocycles. The molecular weight excluding hydrogens is 396 g/mol. The first kappa shape index (κ1) is 15.5. The normalized spacial score (nSPS) is 19.8. The Labute approximate surface area is 142 Å². The first-order chi connectivity index (χ1) is 10.1. The van der Waals surface area contributed by atoms with Crippen LogP contribution in [0, 0.1) is 5.92 Å². The fraction of sp³-hybridized carbons (Fsp3) is 0.562. The van der Waals surface area contributed by atoms with Crippen molar-refractivity contribution in [1.29, 1.82) is 0 Å². The molecule has 3 nitrogen and oxygen atoms in total. The average Bonchev–Trinajstić information content (AvgIpc) is 3.29. The second kappa shape index (κ2) is 6.80. The summed E-state index contributed by atoms with van der Waals surface area (Å²) in [5.74, 6) is 1.05. The van der Waals surface area contributed by atoms with Crippen LogP contribution in [0.2, 0.25) is 0 Å². The zero-order valence-electron chi connectivity index (χ0n) is 11.9. The number of hydrogen-bond acceptors (Lipinski definition) is 2. The standard InChI is InChI=1S/C16H20Br2N2O/c17-12-3-4-14(15(18)9-12)16(21)20-7-5-13(6-8-20)19-10-11-1-2-11/h3-4,9,11,13,19H,1-2,5-8,10H2. The Morgan fingerprint density at radius 1 is 1.19 bits per heavy atom. The molecule has 0 atom stereocenters. The van der Waals surface area contributed by atoms with Gasteiger partial charge in [0.15, 0.2) is 0 Å². The molecular formula is C16H20Br2N2O. The van der Waals surface area contributed by atoms with Gasteiger partial charge in [0, 0.05) is 28.1 Å². The van der Waals surface area contributed by atoms with Crippen LogP contribution in [0.15, 0.2) is 27.1 Å². The largest absolute Gasteiger partial charge is 0.338 e. The van der Waals surface area contributed by atoms with Crippen molar-refractivity contribution in [3.63, 3.8) is 0 Å². The molecule has 0 aromatic heterocycles. The van der Waals surface area contributed by atoms with E-state index in [2.05, 4.69) is 37.2 Å².